The molecule has 0 atom stereocenters. The van der Waals surface area contributed by atoms with Crippen molar-refractivity contribution in [3.05, 3.63) is 132 Å². The molecule has 2 aliphatic carbocycles. The van der Waals surface area contributed by atoms with Gasteiger partial charge in [-0.05, 0) is 61.3 Å². The molecule has 1 aliphatic heterocycles. The summed E-state index contributed by atoms with van der Waals surface area (Å²) in [5.41, 5.74) is 10.5. The summed E-state index contributed by atoms with van der Waals surface area (Å²) in [6.45, 7) is 0. The van der Waals surface area contributed by atoms with Crippen molar-refractivity contribution < 1.29 is 0 Å². The van der Waals surface area contributed by atoms with Crippen molar-refractivity contribution in [2.24, 2.45) is 4.99 Å². The molecule has 0 radical (unpaired) electrons. The maximum absolute atomic E-state index is 5.08. The van der Waals surface area contributed by atoms with Gasteiger partial charge in [0, 0.05) is 28.3 Å². The Morgan fingerprint density at radius 1 is 0.571 bits per heavy atom. The summed E-state index contributed by atoms with van der Waals surface area (Å²) in [5.74, 6) is 0.799. The molecule has 2 heterocycles. The molecule has 3 nitrogen and oxygen atoms in total. The highest BCUT2D eigenvalue weighted by molar-refractivity contribution is 5.77. The van der Waals surface area contributed by atoms with E-state index in [0.717, 1.165) is 65.3 Å². The van der Waals surface area contributed by atoms with Gasteiger partial charge >= 0.3 is 0 Å². The fourth-order valence-corrected chi connectivity index (χ4v) is 6.78. The van der Waals surface area contributed by atoms with E-state index in [4.69, 9.17) is 9.97 Å². The molecule has 42 heavy (non-hydrogen) atoms. The Labute approximate surface area is 249 Å². The van der Waals surface area contributed by atoms with Gasteiger partial charge in [-0.2, -0.15) is 0 Å². The van der Waals surface area contributed by atoms with Gasteiger partial charge in [0.15, 0.2) is 5.82 Å². The second-order valence-electron chi connectivity index (χ2n) is 11.7. The van der Waals surface area contributed by atoms with Crippen molar-refractivity contribution in [1.29, 1.82) is 0 Å². The van der Waals surface area contributed by atoms with Crippen molar-refractivity contribution in [3.63, 3.8) is 0 Å². The van der Waals surface area contributed by atoms with E-state index < -0.39 is 0 Å². The molecule has 0 unspecified atom stereocenters. The number of aromatic nitrogens is 2. The summed E-state index contributed by atoms with van der Waals surface area (Å²) >= 11 is 0. The van der Waals surface area contributed by atoms with E-state index in [-0.39, 0.29) is 5.41 Å². The van der Waals surface area contributed by atoms with Gasteiger partial charge < -0.3 is 0 Å². The lowest BCUT2D eigenvalue weighted by Gasteiger charge is -2.39. The average Bonchev–Trinajstić information content (AvgIpc) is 3.10. The lowest BCUT2D eigenvalue weighted by atomic mass is 9.65. The zero-order valence-corrected chi connectivity index (χ0v) is 24.2. The number of hydrogen-bond donors (Lipinski definition) is 0. The van der Waals surface area contributed by atoms with Gasteiger partial charge in [-0.1, -0.05) is 122 Å². The maximum atomic E-state index is 5.08. The molecule has 0 saturated heterocycles. The normalized spacial score (nSPS) is 17.9. The van der Waals surface area contributed by atoms with Gasteiger partial charge in [-0.15, -0.1) is 0 Å². The summed E-state index contributed by atoms with van der Waals surface area (Å²) in [6, 6.07) is 31.1. The van der Waals surface area contributed by atoms with E-state index >= 15 is 0 Å². The second kappa shape index (κ2) is 11.9. The minimum absolute atomic E-state index is 0.0449. The molecule has 3 aromatic carbocycles. The van der Waals surface area contributed by atoms with Crippen LogP contribution >= 0.6 is 0 Å². The van der Waals surface area contributed by atoms with Gasteiger partial charge in [-0.3, -0.25) is 4.99 Å². The Hall–Kier alpha value is -4.37. The third kappa shape index (κ3) is 5.32. The molecule has 208 valence electrons. The Balaban J connectivity index is 1.25. The molecule has 7 rings (SSSR count). The van der Waals surface area contributed by atoms with Crippen molar-refractivity contribution in [1.82, 2.24) is 9.97 Å². The highest BCUT2D eigenvalue weighted by Crippen LogP contribution is 2.45. The maximum Gasteiger partial charge on any atom is 0.160 e. The van der Waals surface area contributed by atoms with E-state index in [2.05, 4.69) is 108 Å². The first kappa shape index (κ1) is 26.5. The summed E-state index contributed by atoms with van der Waals surface area (Å²) in [5, 5.41) is 0. The van der Waals surface area contributed by atoms with Crippen LogP contribution in [-0.2, 0) is 5.41 Å². The Kier molecular flexibility index (Phi) is 7.49. The van der Waals surface area contributed by atoms with Crippen LogP contribution in [0, 0.1) is 0 Å². The van der Waals surface area contributed by atoms with Crippen LogP contribution < -0.4 is 0 Å². The molecule has 0 amide bonds. The largest absolute Gasteiger partial charge is 0.261 e. The third-order valence-electron chi connectivity index (χ3n) is 9.09. The molecule has 3 aliphatic rings. The molecule has 0 N–H and O–H groups in total. The van der Waals surface area contributed by atoms with E-state index in [1.807, 2.05) is 12.3 Å². The number of rotatable bonds is 6. The predicted octanol–water partition coefficient (Wildman–Crippen LogP) is 10.00. The van der Waals surface area contributed by atoms with Crippen LogP contribution in [0.2, 0.25) is 0 Å². The highest BCUT2D eigenvalue weighted by atomic mass is 14.9. The van der Waals surface area contributed by atoms with Crippen LogP contribution in [0.25, 0.3) is 33.8 Å². The van der Waals surface area contributed by atoms with E-state index in [1.54, 1.807) is 0 Å². The van der Waals surface area contributed by atoms with Crippen LogP contribution in [0.1, 0.15) is 80.3 Å². The van der Waals surface area contributed by atoms with E-state index in [1.165, 1.54) is 48.8 Å². The van der Waals surface area contributed by atoms with Gasteiger partial charge in [-0.25, -0.2) is 9.97 Å². The first-order valence-electron chi connectivity index (χ1n) is 15.5. The van der Waals surface area contributed by atoms with E-state index in [9.17, 15) is 0 Å². The zero-order chi connectivity index (χ0) is 28.2. The molecule has 4 aromatic rings. The molecule has 1 fully saturated rings. The fraction of sp³-hybridized carbons (Fsp3) is 0.256. The van der Waals surface area contributed by atoms with Crippen LogP contribution in [0.3, 0.4) is 0 Å². The Bertz CT molecular complexity index is 1670. The molecule has 0 bridgehead atoms. The van der Waals surface area contributed by atoms with Crippen molar-refractivity contribution in [3.8, 4) is 22.5 Å². The SMILES string of the molecule is C1=CC(c2nc(-c3ccccc3)cc(-c3ccc(C4(c5ccc(C6=CCCC=N6)cc5)CCCCC4)cc3)n2)=CCC1. The van der Waals surface area contributed by atoms with Crippen LogP contribution in [0.5, 0.6) is 0 Å². The van der Waals surface area contributed by atoms with E-state index in [0.29, 0.717) is 0 Å². The fourth-order valence-electron chi connectivity index (χ4n) is 6.78. The Morgan fingerprint density at radius 2 is 1.21 bits per heavy atom. The summed E-state index contributed by atoms with van der Waals surface area (Å²) in [7, 11) is 0. The van der Waals surface area contributed by atoms with Crippen molar-refractivity contribution >= 4 is 17.5 Å². The number of allylic oxidation sites excluding steroid dienone is 5. The molecular weight excluding hydrogens is 510 g/mol. The van der Waals surface area contributed by atoms with Gasteiger partial charge in [0.05, 0.1) is 17.1 Å². The molecule has 1 aromatic heterocycles. The first-order valence-corrected chi connectivity index (χ1v) is 15.5. The smallest absolute Gasteiger partial charge is 0.160 e. The standard InChI is InChI=1S/C39H37N3/c1-4-12-29(13-5-1)36-28-37(42-38(41-36)32-14-6-2-7-15-32)31-19-23-34(24-20-31)39(25-9-3-10-26-39)33-21-17-30(18-22-33)35-16-8-11-27-40-35/h1,4-6,12-24,27-28H,2-3,7-11,25-26H2. The highest BCUT2D eigenvalue weighted by Gasteiger charge is 2.35. The minimum Gasteiger partial charge on any atom is -0.261 e. The van der Waals surface area contributed by atoms with Crippen molar-refractivity contribution in [2.75, 3.05) is 0 Å². The minimum atomic E-state index is 0.0449. The monoisotopic (exact) mass is 547 g/mol. The summed E-state index contributed by atoms with van der Waals surface area (Å²) < 4.78 is 0. The lowest BCUT2D eigenvalue weighted by Crippen LogP contribution is -2.30. The third-order valence-corrected chi connectivity index (χ3v) is 9.09. The van der Waals surface area contributed by atoms with Crippen LogP contribution in [-0.4, -0.2) is 16.2 Å². The average molecular weight is 548 g/mol. The molecule has 3 heteroatoms. The van der Waals surface area contributed by atoms with Crippen LogP contribution in [0.4, 0.5) is 0 Å². The van der Waals surface area contributed by atoms with Gasteiger partial charge in [0.1, 0.15) is 0 Å². The first-order chi connectivity index (χ1) is 20.8. The quantitative estimate of drug-likeness (QED) is 0.241. The summed E-state index contributed by atoms with van der Waals surface area (Å²) in [6.07, 6.45) is 21.4. The van der Waals surface area contributed by atoms with Crippen LogP contribution in [0.15, 0.2) is 114 Å². The number of hydrogen-bond acceptors (Lipinski definition) is 3. The van der Waals surface area contributed by atoms with Gasteiger partial charge in [0.2, 0.25) is 0 Å². The number of benzene rings is 3. The molecule has 1 saturated carbocycles. The van der Waals surface area contributed by atoms with Crippen molar-refractivity contribution in [2.45, 2.75) is 63.2 Å². The number of nitrogens with zero attached hydrogens (tertiary/aromatic N) is 3. The molecule has 0 spiro atoms. The second-order valence-corrected chi connectivity index (χ2v) is 11.7. The lowest BCUT2D eigenvalue weighted by molar-refractivity contribution is 0.346. The zero-order valence-electron chi connectivity index (χ0n) is 24.2. The Morgan fingerprint density at radius 3 is 1.83 bits per heavy atom. The van der Waals surface area contributed by atoms with Gasteiger partial charge in [0.25, 0.3) is 0 Å². The molecular formula is C39H37N3. The summed E-state index contributed by atoms with van der Waals surface area (Å²) in [4.78, 5) is 14.7. The predicted molar refractivity (Wildman–Crippen MR) is 175 cm³/mol. The number of aliphatic imine (C=N–C) groups is 1. The topological polar surface area (TPSA) is 38.1 Å².